The molecule has 2 heteroatoms. The van der Waals surface area contributed by atoms with Crippen molar-refractivity contribution in [2.75, 3.05) is 6.61 Å². The molecule has 2 rings (SSSR count). The minimum Gasteiger partial charge on any atom is -0.378 e. The number of rotatable bonds is 2. The lowest BCUT2D eigenvalue weighted by molar-refractivity contribution is 0.110. The molecule has 1 aromatic heterocycles. The summed E-state index contributed by atoms with van der Waals surface area (Å²) in [5.41, 5.74) is 1.14. The van der Waals surface area contributed by atoms with E-state index in [1.807, 2.05) is 18.3 Å². The predicted molar refractivity (Wildman–Crippen MR) is 46.9 cm³/mol. The van der Waals surface area contributed by atoms with Crippen molar-refractivity contribution in [2.24, 2.45) is 0 Å². The van der Waals surface area contributed by atoms with Crippen LogP contribution < -0.4 is 0 Å². The van der Waals surface area contributed by atoms with Gasteiger partial charge in [0.1, 0.15) is 0 Å². The van der Waals surface area contributed by atoms with E-state index in [1.165, 1.54) is 12.8 Å². The molecule has 0 radical (unpaired) electrons. The lowest BCUT2D eigenvalue weighted by atomic mass is 10.1. The summed E-state index contributed by atoms with van der Waals surface area (Å²) in [7, 11) is 0. The van der Waals surface area contributed by atoms with E-state index in [0.717, 1.165) is 18.7 Å². The van der Waals surface area contributed by atoms with Gasteiger partial charge >= 0.3 is 0 Å². The predicted octanol–water partition coefficient (Wildman–Crippen LogP) is 1.80. The van der Waals surface area contributed by atoms with Crippen molar-refractivity contribution < 1.29 is 4.74 Å². The first-order valence-electron chi connectivity index (χ1n) is 4.46. The van der Waals surface area contributed by atoms with E-state index in [0.29, 0.717) is 6.10 Å². The van der Waals surface area contributed by atoms with Crippen molar-refractivity contribution in [2.45, 2.75) is 25.4 Å². The molecule has 0 N–H and O–H groups in total. The fourth-order valence-electron chi connectivity index (χ4n) is 1.56. The molecule has 1 fully saturated rings. The van der Waals surface area contributed by atoms with Gasteiger partial charge in [-0.3, -0.25) is 4.98 Å². The van der Waals surface area contributed by atoms with Crippen molar-refractivity contribution in [1.29, 1.82) is 0 Å². The van der Waals surface area contributed by atoms with E-state index in [1.54, 1.807) is 0 Å². The highest BCUT2D eigenvalue weighted by Gasteiger charge is 2.15. The van der Waals surface area contributed by atoms with E-state index in [2.05, 4.69) is 11.1 Å². The first-order valence-corrected chi connectivity index (χ1v) is 4.46. The summed E-state index contributed by atoms with van der Waals surface area (Å²) in [6, 6.07) is 6.03. The third kappa shape index (κ3) is 1.83. The van der Waals surface area contributed by atoms with Gasteiger partial charge in [-0.2, -0.15) is 0 Å². The molecule has 0 aromatic carbocycles. The van der Waals surface area contributed by atoms with Crippen LogP contribution in [0.1, 0.15) is 18.5 Å². The minimum absolute atomic E-state index is 0.417. The maximum atomic E-state index is 5.52. The SMILES string of the molecule is c1ccc(CC2CCCO2)nc1. The van der Waals surface area contributed by atoms with E-state index in [4.69, 9.17) is 4.74 Å². The second kappa shape index (κ2) is 3.68. The van der Waals surface area contributed by atoms with Crippen molar-refractivity contribution in [3.63, 3.8) is 0 Å². The number of aromatic nitrogens is 1. The van der Waals surface area contributed by atoms with Crippen LogP contribution >= 0.6 is 0 Å². The summed E-state index contributed by atoms with van der Waals surface area (Å²) >= 11 is 0. The summed E-state index contributed by atoms with van der Waals surface area (Å²) in [6.07, 6.45) is 5.62. The van der Waals surface area contributed by atoms with Crippen LogP contribution in [0.25, 0.3) is 0 Å². The third-order valence-corrected chi connectivity index (χ3v) is 2.19. The summed E-state index contributed by atoms with van der Waals surface area (Å²) in [5.74, 6) is 0. The first-order chi connectivity index (χ1) is 5.95. The highest BCUT2D eigenvalue weighted by atomic mass is 16.5. The van der Waals surface area contributed by atoms with Crippen molar-refractivity contribution >= 4 is 0 Å². The molecular formula is C10H13NO. The van der Waals surface area contributed by atoms with Crippen LogP contribution in [0.2, 0.25) is 0 Å². The van der Waals surface area contributed by atoms with Crippen LogP contribution in [-0.4, -0.2) is 17.7 Å². The topological polar surface area (TPSA) is 22.1 Å². The van der Waals surface area contributed by atoms with E-state index in [-0.39, 0.29) is 0 Å². The second-order valence-corrected chi connectivity index (χ2v) is 3.16. The molecule has 2 heterocycles. The molecule has 1 aromatic rings. The van der Waals surface area contributed by atoms with Crippen LogP contribution in [0, 0.1) is 0 Å². The molecule has 0 amide bonds. The smallest absolute Gasteiger partial charge is 0.0631 e. The maximum Gasteiger partial charge on any atom is 0.0631 e. The standard InChI is InChI=1S/C10H13NO/c1-2-6-11-9(4-1)8-10-5-3-7-12-10/h1-2,4,6,10H,3,5,7-8H2. The lowest BCUT2D eigenvalue weighted by Gasteiger charge is -2.07. The van der Waals surface area contributed by atoms with Gasteiger partial charge in [0.25, 0.3) is 0 Å². The zero-order valence-corrected chi connectivity index (χ0v) is 7.07. The highest BCUT2D eigenvalue weighted by Crippen LogP contribution is 2.15. The highest BCUT2D eigenvalue weighted by molar-refractivity contribution is 5.04. The first kappa shape index (κ1) is 7.74. The molecule has 12 heavy (non-hydrogen) atoms. The Hall–Kier alpha value is -0.890. The van der Waals surface area contributed by atoms with Crippen molar-refractivity contribution in [3.8, 4) is 0 Å². The van der Waals surface area contributed by atoms with E-state index < -0.39 is 0 Å². The molecule has 0 bridgehead atoms. The monoisotopic (exact) mass is 163 g/mol. The zero-order chi connectivity index (χ0) is 8.23. The molecule has 64 valence electrons. The Balaban J connectivity index is 1.94. The fourth-order valence-corrected chi connectivity index (χ4v) is 1.56. The van der Waals surface area contributed by atoms with Gasteiger partial charge in [0, 0.05) is 24.9 Å². The third-order valence-electron chi connectivity index (χ3n) is 2.19. The molecule has 1 aliphatic heterocycles. The van der Waals surface area contributed by atoms with Gasteiger partial charge < -0.3 is 4.74 Å². The lowest BCUT2D eigenvalue weighted by Crippen LogP contribution is -2.09. The fraction of sp³-hybridized carbons (Fsp3) is 0.500. The summed E-state index contributed by atoms with van der Waals surface area (Å²) in [6.45, 7) is 0.928. The largest absolute Gasteiger partial charge is 0.378 e. The Morgan fingerprint density at radius 2 is 2.50 bits per heavy atom. The molecule has 2 nitrogen and oxygen atoms in total. The Labute approximate surface area is 72.6 Å². The van der Waals surface area contributed by atoms with Crippen molar-refractivity contribution in [3.05, 3.63) is 30.1 Å². The van der Waals surface area contributed by atoms with Gasteiger partial charge in [-0.05, 0) is 25.0 Å². The Kier molecular flexibility index (Phi) is 2.37. The number of hydrogen-bond donors (Lipinski definition) is 0. The summed E-state index contributed by atoms with van der Waals surface area (Å²) in [5, 5.41) is 0. The average Bonchev–Trinajstić information content (AvgIpc) is 2.59. The Morgan fingerprint density at radius 1 is 1.50 bits per heavy atom. The number of ether oxygens (including phenoxy) is 1. The average molecular weight is 163 g/mol. The molecule has 1 saturated heterocycles. The molecule has 0 aliphatic carbocycles. The maximum absolute atomic E-state index is 5.52. The van der Waals surface area contributed by atoms with Gasteiger partial charge in [-0.15, -0.1) is 0 Å². The second-order valence-electron chi connectivity index (χ2n) is 3.16. The number of nitrogens with zero attached hydrogens (tertiary/aromatic N) is 1. The van der Waals surface area contributed by atoms with E-state index in [9.17, 15) is 0 Å². The van der Waals surface area contributed by atoms with Crippen LogP contribution in [0.15, 0.2) is 24.4 Å². The van der Waals surface area contributed by atoms with Gasteiger partial charge in [0.15, 0.2) is 0 Å². The van der Waals surface area contributed by atoms with Gasteiger partial charge in [-0.1, -0.05) is 6.07 Å². The number of hydrogen-bond acceptors (Lipinski definition) is 2. The van der Waals surface area contributed by atoms with Gasteiger partial charge in [0.05, 0.1) is 6.10 Å². The molecule has 1 unspecified atom stereocenters. The summed E-state index contributed by atoms with van der Waals surface area (Å²) in [4.78, 5) is 4.26. The van der Waals surface area contributed by atoms with Crippen LogP contribution in [0.4, 0.5) is 0 Å². The molecule has 0 spiro atoms. The van der Waals surface area contributed by atoms with Gasteiger partial charge in [-0.25, -0.2) is 0 Å². The quantitative estimate of drug-likeness (QED) is 0.663. The van der Waals surface area contributed by atoms with Gasteiger partial charge in [0.2, 0.25) is 0 Å². The molecule has 1 atom stereocenters. The van der Waals surface area contributed by atoms with Crippen LogP contribution in [0.5, 0.6) is 0 Å². The Bertz CT molecular complexity index is 229. The van der Waals surface area contributed by atoms with Crippen molar-refractivity contribution in [1.82, 2.24) is 4.98 Å². The van der Waals surface area contributed by atoms with E-state index >= 15 is 0 Å². The minimum atomic E-state index is 0.417. The molecular weight excluding hydrogens is 150 g/mol. The normalized spacial score (nSPS) is 22.8. The number of pyridine rings is 1. The Morgan fingerprint density at radius 3 is 3.17 bits per heavy atom. The van der Waals surface area contributed by atoms with Crippen LogP contribution in [-0.2, 0) is 11.2 Å². The molecule has 0 saturated carbocycles. The zero-order valence-electron chi connectivity index (χ0n) is 7.07. The summed E-state index contributed by atoms with van der Waals surface area (Å²) < 4.78 is 5.52. The molecule has 1 aliphatic rings. The van der Waals surface area contributed by atoms with Crippen LogP contribution in [0.3, 0.4) is 0 Å².